The Kier molecular flexibility index (Phi) is 9.34. The molecule has 0 fully saturated rings. The van der Waals surface area contributed by atoms with Gasteiger partial charge in [0.15, 0.2) is 0 Å². The summed E-state index contributed by atoms with van der Waals surface area (Å²) in [6.07, 6.45) is 6.86. The van der Waals surface area contributed by atoms with E-state index in [1.54, 1.807) is 24.4 Å². The van der Waals surface area contributed by atoms with E-state index in [9.17, 15) is 9.90 Å². The Morgan fingerprint density at radius 1 is 1.18 bits per heavy atom. The molecule has 0 radical (unpaired) electrons. The number of benzene rings is 2. The maximum Gasteiger partial charge on any atom is 0.220 e. The van der Waals surface area contributed by atoms with Crippen LogP contribution in [-0.4, -0.2) is 29.1 Å². The van der Waals surface area contributed by atoms with E-state index in [4.69, 9.17) is 22.1 Å². The van der Waals surface area contributed by atoms with E-state index in [2.05, 4.69) is 10.3 Å². The Labute approximate surface area is 200 Å². The number of nitrogens with one attached hydrogen (secondary N) is 1. The van der Waals surface area contributed by atoms with Crippen molar-refractivity contribution in [2.45, 2.75) is 51.5 Å². The topological polar surface area (TPSA) is 97.5 Å². The standard InChI is InChI=1S/C26H32ClN3O3/c1-2-9-23(31)30-24(21-17-22(27)20-12-8-14-29-25(20)26(21)32)18-10-7-11-19(16-18)33-15-6-4-3-5-13-28/h7-8,10-12,14,16-17,24,32H,2-6,9,13,15,28H2,1H3,(H,30,31). The second-order valence-corrected chi connectivity index (χ2v) is 8.48. The van der Waals surface area contributed by atoms with E-state index >= 15 is 0 Å². The van der Waals surface area contributed by atoms with E-state index in [-0.39, 0.29) is 11.7 Å². The third-order valence-electron chi connectivity index (χ3n) is 5.50. The monoisotopic (exact) mass is 469 g/mol. The Morgan fingerprint density at radius 2 is 2.00 bits per heavy atom. The number of unbranched alkanes of at least 4 members (excludes halogenated alkanes) is 3. The first-order chi connectivity index (χ1) is 16.0. The zero-order valence-electron chi connectivity index (χ0n) is 19.0. The Bertz CT molecular complexity index is 1070. The van der Waals surface area contributed by atoms with Crippen molar-refractivity contribution in [3.63, 3.8) is 0 Å². The molecule has 4 N–H and O–H groups in total. The van der Waals surface area contributed by atoms with Crippen LogP contribution in [0.5, 0.6) is 11.5 Å². The number of nitrogens with two attached hydrogens (primary N) is 1. The van der Waals surface area contributed by atoms with Crippen LogP contribution in [-0.2, 0) is 4.79 Å². The molecule has 6 nitrogen and oxygen atoms in total. The van der Waals surface area contributed by atoms with E-state index in [1.807, 2.05) is 31.2 Å². The smallest absolute Gasteiger partial charge is 0.220 e. The fourth-order valence-electron chi connectivity index (χ4n) is 3.80. The summed E-state index contributed by atoms with van der Waals surface area (Å²) in [4.78, 5) is 16.9. The van der Waals surface area contributed by atoms with Gasteiger partial charge in [-0.15, -0.1) is 0 Å². The zero-order chi connectivity index (χ0) is 23.6. The van der Waals surface area contributed by atoms with Gasteiger partial charge >= 0.3 is 0 Å². The minimum atomic E-state index is -0.596. The molecule has 176 valence electrons. The van der Waals surface area contributed by atoms with E-state index < -0.39 is 6.04 Å². The van der Waals surface area contributed by atoms with Crippen molar-refractivity contribution >= 4 is 28.4 Å². The number of phenols is 1. The van der Waals surface area contributed by atoms with Gasteiger partial charge in [-0.1, -0.05) is 43.5 Å². The van der Waals surface area contributed by atoms with Crippen LogP contribution in [0.4, 0.5) is 0 Å². The Morgan fingerprint density at radius 3 is 2.79 bits per heavy atom. The molecule has 0 aliphatic heterocycles. The van der Waals surface area contributed by atoms with E-state index in [0.717, 1.165) is 44.2 Å². The minimum absolute atomic E-state index is 0.00280. The molecule has 0 spiro atoms. The largest absolute Gasteiger partial charge is 0.505 e. The molecule has 1 atom stereocenters. The highest BCUT2D eigenvalue weighted by Crippen LogP contribution is 2.39. The van der Waals surface area contributed by atoms with Crippen LogP contribution < -0.4 is 15.8 Å². The van der Waals surface area contributed by atoms with Crippen LogP contribution in [0, 0.1) is 0 Å². The Balaban J connectivity index is 1.90. The average molecular weight is 470 g/mol. The number of ether oxygens (including phenoxy) is 1. The van der Waals surface area contributed by atoms with Crippen LogP contribution in [0.3, 0.4) is 0 Å². The summed E-state index contributed by atoms with van der Waals surface area (Å²) >= 11 is 6.52. The molecule has 0 aliphatic rings. The van der Waals surface area contributed by atoms with E-state index in [0.29, 0.717) is 40.3 Å². The molecule has 0 saturated carbocycles. The maximum absolute atomic E-state index is 12.6. The number of nitrogens with zero attached hydrogens (tertiary/aromatic N) is 1. The van der Waals surface area contributed by atoms with Gasteiger partial charge in [-0.05, 0) is 61.7 Å². The lowest BCUT2D eigenvalue weighted by atomic mass is 9.95. The predicted octanol–water partition coefficient (Wildman–Crippen LogP) is 5.50. The highest BCUT2D eigenvalue weighted by Gasteiger charge is 2.23. The summed E-state index contributed by atoms with van der Waals surface area (Å²) in [5.74, 6) is 0.610. The van der Waals surface area contributed by atoms with Crippen molar-refractivity contribution in [2.75, 3.05) is 13.2 Å². The third kappa shape index (κ3) is 6.59. The van der Waals surface area contributed by atoms with Crippen LogP contribution in [0.25, 0.3) is 10.9 Å². The van der Waals surface area contributed by atoms with Gasteiger partial charge in [-0.25, -0.2) is 0 Å². The fraction of sp³-hybridized carbons (Fsp3) is 0.385. The minimum Gasteiger partial charge on any atom is -0.505 e. The van der Waals surface area contributed by atoms with Gasteiger partial charge < -0.3 is 20.9 Å². The first kappa shape index (κ1) is 24.8. The van der Waals surface area contributed by atoms with Gasteiger partial charge in [-0.3, -0.25) is 9.78 Å². The van der Waals surface area contributed by atoms with Crippen molar-refractivity contribution in [3.05, 3.63) is 64.8 Å². The van der Waals surface area contributed by atoms with Crippen molar-refractivity contribution in [3.8, 4) is 11.5 Å². The SMILES string of the molecule is CCCC(=O)NC(c1cccc(OCCCCCCN)c1)c1cc(Cl)c2cccnc2c1O. The lowest BCUT2D eigenvalue weighted by molar-refractivity contribution is -0.121. The number of phenolic OH excluding ortho intramolecular Hbond substituents is 1. The van der Waals surface area contributed by atoms with Gasteiger partial charge in [0.2, 0.25) is 5.91 Å². The molecule has 1 aromatic heterocycles. The second kappa shape index (κ2) is 12.4. The molecule has 3 rings (SSSR count). The molecular weight excluding hydrogens is 438 g/mol. The number of carbonyl (C=O) groups is 1. The van der Waals surface area contributed by atoms with Gasteiger partial charge in [0.1, 0.15) is 17.0 Å². The number of halogens is 1. The molecule has 3 aromatic rings. The number of hydrogen-bond donors (Lipinski definition) is 3. The lowest BCUT2D eigenvalue weighted by Gasteiger charge is -2.22. The third-order valence-corrected chi connectivity index (χ3v) is 5.81. The first-order valence-electron chi connectivity index (χ1n) is 11.5. The molecule has 1 unspecified atom stereocenters. The second-order valence-electron chi connectivity index (χ2n) is 8.07. The molecule has 0 saturated heterocycles. The fourth-order valence-corrected chi connectivity index (χ4v) is 4.07. The molecule has 0 aliphatic carbocycles. The van der Waals surface area contributed by atoms with Gasteiger partial charge in [0.25, 0.3) is 0 Å². The van der Waals surface area contributed by atoms with Crippen molar-refractivity contribution in [1.82, 2.24) is 10.3 Å². The number of carbonyl (C=O) groups excluding carboxylic acids is 1. The van der Waals surface area contributed by atoms with Crippen LogP contribution in [0.1, 0.15) is 62.6 Å². The predicted molar refractivity (Wildman–Crippen MR) is 133 cm³/mol. The molecule has 2 aromatic carbocycles. The van der Waals surface area contributed by atoms with Crippen LogP contribution in [0.15, 0.2) is 48.7 Å². The normalized spacial score (nSPS) is 12.0. The summed E-state index contributed by atoms with van der Waals surface area (Å²) in [5, 5.41) is 15.2. The van der Waals surface area contributed by atoms with Crippen molar-refractivity contribution in [1.29, 1.82) is 0 Å². The van der Waals surface area contributed by atoms with Crippen molar-refractivity contribution in [2.24, 2.45) is 5.73 Å². The number of aromatic nitrogens is 1. The zero-order valence-corrected chi connectivity index (χ0v) is 19.8. The number of pyridine rings is 1. The number of hydrogen-bond acceptors (Lipinski definition) is 5. The molecule has 1 heterocycles. The maximum atomic E-state index is 12.6. The van der Waals surface area contributed by atoms with Gasteiger partial charge in [0.05, 0.1) is 17.7 Å². The quantitative estimate of drug-likeness (QED) is 0.304. The number of aromatic hydroxyl groups is 1. The Hall–Kier alpha value is -2.83. The summed E-state index contributed by atoms with van der Waals surface area (Å²) in [6, 6.07) is 12.3. The van der Waals surface area contributed by atoms with Crippen molar-refractivity contribution < 1.29 is 14.6 Å². The average Bonchev–Trinajstić information content (AvgIpc) is 2.83. The molecule has 1 amide bonds. The number of amides is 1. The highest BCUT2D eigenvalue weighted by atomic mass is 35.5. The summed E-state index contributed by atoms with van der Waals surface area (Å²) in [5.41, 5.74) is 7.23. The van der Waals surface area contributed by atoms with Gasteiger partial charge in [-0.2, -0.15) is 0 Å². The molecular formula is C26H32ClN3O3. The molecule has 0 bridgehead atoms. The van der Waals surface area contributed by atoms with Crippen LogP contribution >= 0.6 is 11.6 Å². The first-order valence-corrected chi connectivity index (χ1v) is 11.9. The highest BCUT2D eigenvalue weighted by molar-refractivity contribution is 6.35. The van der Waals surface area contributed by atoms with Crippen LogP contribution in [0.2, 0.25) is 5.02 Å². The summed E-state index contributed by atoms with van der Waals surface area (Å²) in [6.45, 7) is 3.28. The molecule has 33 heavy (non-hydrogen) atoms. The van der Waals surface area contributed by atoms with E-state index in [1.165, 1.54) is 0 Å². The summed E-state index contributed by atoms with van der Waals surface area (Å²) in [7, 11) is 0. The number of rotatable bonds is 12. The van der Waals surface area contributed by atoms with Gasteiger partial charge in [0, 0.05) is 23.6 Å². The number of fused-ring (bicyclic) bond motifs is 1. The lowest BCUT2D eigenvalue weighted by Crippen LogP contribution is -2.29. The molecule has 7 heteroatoms. The summed E-state index contributed by atoms with van der Waals surface area (Å²) < 4.78 is 5.94.